The summed E-state index contributed by atoms with van der Waals surface area (Å²) >= 11 is 0. The molecule has 146 valence electrons. The van der Waals surface area contributed by atoms with E-state index in [4.69, 9.17) is 0 Å². The molecule has 1 N–H and O–H groups in total. The molecular formula is C21H28N2O3S. The van der Waals surface area contributed by atoms with E-state index in [2.05, 4.69) is 5.32 Å². The number of carbonyl (C=O) groups excluding carboxylic acids is 1. The second-order valence-electron chi connectivity index (χ2n) is 7.23. The summed E-state index contributed by atoms with van der Waals surface area (Å²) in [6.07, 6.45) is 0.373. The molecule has 0 aromatic heterocycles. The normalized spacial score (nSPS) is 12.6. The average Bonchev–Trinajstić information content (AvgIpc) is 2.62. The number of hydrogen-bond donors (Lipinski definition) is 1. The fourth-order valence-corrected chi connectivity index (χ4v) is 4.50. The zero-order chi connectivity index (χ0) is 20.0. The summed E-state index contributed by atoms with van der Waals surface area (Å²) in [4.78, 5) is 14.3. The smallest absolute Gasteiger partial charge is 0.220 e. The predicted molar refractivity (Wildman–Crippen MR) is 110 cm³/mol. The number of nitrogens with one attached hydrogen (secondary N) is 1. The topological polar surface area (TPSA) is 66.5 Å². The van der Waals surface area contributed by atoms with Gasteiger partial charge >= 0.3 is 0 Å². The van der Waals surface area contributed by atoms with Gasteiger partial charge in [-0.3, -0.25) is 4.79 Å². The molecule has 0 heterocycles. The molecule has 0 aliphatic rings. The SMILES string of the molecule is CC(C)CC(=O)NC[C@@H](c1ccc(N(C)C)cc1)S(=O)(=O)c1ccccc1. The van der Waals surface area contributed by atoms with Gasteiger partial charge in [0.2, 0.25) is 5.91 Å². The van der Waals surface area contributed by atoms with E-state index < -0.39 is 15.1 Å². The Morgan fingerprint density at radius 1 is 1.00 bits per heavy atom. The van der Waals surface area contributed by atoms with Crippen LogP contribution in [0.2, 0.25) is 0 Å². The van der Waals surface area contributed by atoms with E-state index in [1.807, 2.05) is 57.1 Å². The van der Waals surface area contributed by atoms with Gasteiger partial charge in [0.15, 0.2) is 9.84 Å². The summed E-state index contributed by atoms with van der Waals surface area (Å²) in [5, 5.41) is 1.96. The van der Waals surface area contributed by atoms with Crippen molar-refractivity contribution in [1.29, 1.82) is 0 Å². The number of sulfone groups is 1. The lowest BCUT2D eigenvalue weighted by Crippen LogP contribution is -2.32. The van der Waals surface area contributed by atoms with Crippen LogP contribution in [0.15, 0.2) is 59.5 Å². The van der Waals surface area contributed by atoms with Gasteiger partial charge in [-0.15, -0.1) is 0 Å². The molecular weight excluding hydrogens is 360 g/mol. The molecule has 0 saturated heterocycles. The molecule has 27 heavy (non-hydrogen) atoms. The highest BCUT2D eigenvalue weighted by molar-refractivity contribution is 7.91. The summed E-state index contributed by atoms with van der Waals surface area (Å²) in [6, 6.07) is 15.8. The van der Waals surface area contributed by atoms with Crippen molar-refractivity contribution in [2.24, 2.45) is 5.92 Å². The van der Waals surface area contributed by atoms with E-state index in [9.17, 15) is 13.2 Å². The van der Waals surface area contributed by atoms with Crippen molar-refractivity contribution in [3.8, 4) is 0 Å². The molecule has 0 fully saturated rings. The predicted octanol–water partition coefficient (Wildman–Crippen LogP) is 3.43. The first-order valence-corrected chi connectivity index (χ1v) is 10.6. The van der Waals surface area contributed by atoms with Gasteiger partial charge in [-0.25, -0.2) is 8.42 Å². The van der Waals surface area contributed by atoms with Crippen LogP contribution in [-0.2, 0) is 14.6 Å². The van der Waals surface area contributed by atoms with Crippen LogP contribution < -0.4 is 10.2 Å². The fourth-order valence-electron chi connectivity index (χ4n) is 2.82. The van der Waals surface area contributed by atoms with Crippen LogP contribution >= 0.6 is 0 Å². The molecule has 1 atom stereocenters. The van der Waals surface area contributed by atoms with Gasteiger partial charge in [0.1, 0.15) is 5.25 Å². The maximum absolute atomic E-state index is 13.2. The molecule has 0 aliphatic carbocycles. The van der Waals surface area contributed by atoms with Gasteiger partial charge < -0.3 is 10.2 Å². The van der Waals surface area contributed by atoms with E-state index in [-0.39, 0.29) is 23.3 Å². The summed E-state index contributed by atoms with van der Waals surface area (Å²) in [5.41, 5.74) is 1.65. The van der Waals surface area contributed by atoms with Gasteiger partial charge in [-0.1, -0.05) is 44.2 Å². The van der Waals surface area contributed by atoms with Crippen molar-refractivity contribution in [1.82, 2.24) is 5.32 Å². The number of amides is 1. The standard InChI is InChI=1S/C21H28N2O3S/c1-16(2)14-21(24)22-15-20(17-10-12-18(13-11-17)23(3)4)27(25,26)19-8-6-5-7-9-19/h5-13,16,20H,14-15H2,1-4H3,(H,22,24)/t20-/m0/s1. The molecule has 0 unspecified atom stereocenters. The van der Waals surface area contributed by atoms with Crippen LogP contribution in [0.1, 0.15) is 31.1 Å². The number of rotatable bonds is 8. The number of hydrogen-bond acceptors (Lipinski definition) is 4. The van der Waals surface area contributed by atoms with Crippen molar-refractivity contribution in [3.05, 3.63) is 60.2 Å². The lowest BCUT2D eigenvalue weighted by molar-refractivity contribution is -0.121. The van der Waals surface area contributed by atoms with Gasteiger partial charge in [-0.05, 0) is 35.7 Å². The van der Waals surface area contributed by atoms with Crippen molar-refractivity contribution in [3.63, 3.8) is 0 Å². The quantitative estimate of drug-likeness (QED) is 0.752. The Hall–Kier alpha value is -2.34. The zero-order valence-corrected chi connectivity index (χ0v) is 17.2. The van der Waals surface area contributed by atoms with Crippen LogP contribution in [0, 0.1) is 5.92 Å². The highest BCUT2D eigenvalue weighted by Crippen LogP contribution is 2.29. The van der Waals surface area contributed by atoms with Crippen LogP contribution in [-0.4, -0.2) is 35.0 Å². The van der Waals surface area contributed by atoms with Gasteiger partial charge in [0.05, 0.1) is 4.90 Å². The maximum Gasteiger partial charge on any atom is 0.220 e. The van der Waals surface area contributed by atoms with Crippen LogP contribution in [0.5, 0.6) is 0 Å². The monoisotopic (exact) mass is 388 g/mol. The molecule has 5 nitrogen and oxygen atoms in total. The van der Waals surface area contributed by atoms with E-state index >= 15 is 0 Å². The van der Waals surface area contributed by atoms with Crippen LogP contribution in [0.25, 0.3) is 0 Å². The van der Waals surface area contributed by atoms with Crippen molar-refractivity contribution in [2.45, 2.75) is 30.4 Å². The van der Waals surface area contributed by atoms with E-state index in [1.54, 1.807) is 30.3 Å². The Morgan fingerprint density at radius 3 is 2.11 bits per heavy atom. The maximum atomic E-state index is 13.2. The molecule has 1 amide bonds. The lowest BCUT2D eigenvalue weighted by Gasteiger charge is -2.20. The number of anilines is 1. The Labute approximate surface area is 162 Å². The molecule has 2 rings (SSSR count). The molecule has 6 heteroatoms. The Kier molecular flexibility index (Phi) is 7.02. The third-order valence-corrected chi connectivity index (χ3v) is 6.42. The molecule has 0 saturated carbocycles. The average molecular weight is 389 g/mol. The van der Waals surface area contributed by atoms with Crippen molar-refractivity contribution in [2.75, 3.05) is 25.5 Å². The Morgan fingerprint density at radius 2 is 1.59 bits per heavy atom. The minimum atomic E-state index is -3.64. The largest absolute Gasteiger partial charge is 0.378 e. The van der Waals surface area contributed by atoms with Crippen molar-refractivity contribution < 1.29 is 13.2 Å². The third-order valence-electron chi connectivity index (χ3n) is 4.31. The van der Waals surface area contributed by atoms with E-state index in [1.165, 1.54) is 0 Å². The minimum absolute atomic E-state index is 0.0457. The summed E-state index contributed by atoms with van der Waals surface area (Å²) < 4.78 is 26.4. The highest BCUT2D eigenvalue weighted by atomic mass is 32.2. The zero-order valence-electron chi connectivity index (χ0n) is 16.3. The number of benzene rings is 2. The van der Waals surface area contributed by atoms with Crippen LogP contribution in [0.4, 0.5) is 5.69 Å². The molecule has 0 radical (unpaired) electrons. The second kappa shape index (κ2) is 9.04. The molecule has 0 aliphatic heterocycles. The summed E-state index contributed by atoms with van der Waals surface area (Å²) in [5.74, 6) is 0.0803. The molecule has 2 aromatic carbocycles. The number of nitrogens with zero attached hydrogens (tertiary/aromatic N) is 1. The third kappa shape index (κ3) is 5.57. The first-order valence-electron chi connectivity index (χ1n) is 9.04. The van der Waals surface area contributed by atoms with E-state index in [0.29, 0.717) is 12.0 Å². The molecule has 0 spiro atoms. The Balaban J connectivity index is 2.35. The van der Waals surface area contributed by atoms with E-state index in [0.717, 1.165) is 5.69 Å². The second-order valence-corrected chi connectivity index (χ2v) is 9.37. The van der Waals surface area contributed by atoms with Gasteiger partial charge in [-0.2, -0.15) is 0 Å². The van der Waals surface area contributed by atoms with Crippen LogP contribution in [0.3, 0.4) is 0 Å². The molecule has 0 bridgehead atoms. The minimum Gasteiger partial charge on any atom is -0.378 e. The fraction of sp³-hybridized carbons (Fsp3) is 0.381. The Bertz CT molecular complexity index is 845. The number of carbonyl (C=O) groups is 1. The highest BCUT2D eigenvalue weighted by Gasteiger charge is 2.29. The summed E-state index contributed by atoms with van der Waals surface area (Å²) in [6.45, 7) is 3.96. The van der Waals surface area contributed by atoms with Crippen molar-refractivity contribution >= 4 is 21.4 Å². The lowest BCUT2D eigenvalue weighted by atomic mass is 10.1. The first-order chi connectivity index (χ1) is 12.7. The first kappa shape index (κ1) is 21.0. The molecule has 2 aromatic rings. The summed E-state index contributed by atoms with van der Waals surface area (Å²) in [7, 11) is 0.220. The van der Waals surface area contributed by atoms with Gasteiger partial charge in [0.25, 0.3) is 0 Å². The van der Waals surface area contributed by atoms with Gasteiger partial charge in [0, 0.05) is 32.7 Å².